The summed E-state index contributed by atoms with van der Waals surface area (Å²) in [4.78, 5) is 14.0. The van der Waals surface area contributed by atoms with Crippen LogP contribution in [0.5, 0.6) is 5.75 Å². The van der Waals surface area contributed by atoms with Crippen LogP contribution in [0.4, 0.5) is 4.39 Å². The van der Waals surface area contributed by atoms with Gasteiger partial charge in [-0.3, -0.25) is 10.2 Å². The van der Waals surface area contributed by atoms with E-state index in [1.54, 1.807) is 0 Å². The second kappa shape index (κ2) is 7.01. The summed E-state index contributed by atoms with van der Waals surface area (Å²) in [5.41, 5.74) is 2.79. The number of hydrogen-bond donors (Lipinski definition) is 1. The van der Waals surface area contributed by atoms with Crippen molar-refractivity contribution in [2.45, 2.75) is 0 Å². The van der Waals surface area contributed by atoms with Gasteiger partial charge in [0.2, 0.25) is 0 Å². The lowest BCUT2D eigenvalue weighted by Crippen LogP contribution is -2.53. The Bertz CT molecular complexity index is 479. The minimum absolute atomic E-state index is 0.101. The molecule has 1 aromatic carbocycles. The molecule has 1 N–H and O–H groups in total. The number of amides is 1. The third-order valence-corrected chi connectivity index (χ3v) is 3.66. The topological polar surface area (TPSA) is 44.8 Å². The maximum Gasteiger partial charge on any atom is 0.272 e. The predicted molar refractivity (Wildman–Crippen MR) is 76.8 cm³/mol. The van der Waals surface area contributed by atoms with E-state index in [0.29, 0.717) is 10.2 Å². The number of carbonyl (C=O) groups is 1. The summed E-state index contributed by atoms with van der Waals surface area (Å²) in [6.07, 6.45) is 0. The number of ether oxygens (including phenoxy) is 1. The van der Waals surface area contributed by atoms with Crippen molar-refractivity contribution in [2.75, 3.05) is 39.8 Å². The lowest BCUT2D eigenvalue weighted by atomic mass is 10.3. The van der Waals surface area contributed by atoms with Crippen molar-refractivity contribution in [1.82, 2.24) is 15.3 Å². The van der Waals surface area contributed by atoms with Crippen molar-refractivity contribution >= 4 is 21.8 Å². The van der Waals surface area contributed by atoms with Gasteiger partial charge in [0.25, 0.3) is 5.91 Å². The van der Waals surface area contributed by atoms with Gasteiger partial charge in [-0.1, -0.05) is 0 Å². The van der Waals surface area contributed by atoms with Gasteiger partial charge < -0.3 is 9.64 Å². The van der Waals surface area contributed by atoms with Gasteiger partial charge in [-0.15, -0.1) is 0 Å². The first-order valence-corrected chi connectivity index (χ1v) is 7.15. The number of halogens is 2. The molecule has 1 fully saturated rings. The average molecular weight is 346 g/mol. The Morgan fingerprint density at radius 3 is 2.75 bits per heavy atom. The van der Waals surface area contributed by atoms with Gasteiger partial charge in [-0.05, 0) is 41.2 Å². The molecule has 1 aliphatic heterocycles. The van der Waals surface area contributed by atoms with E-state index >= 15 is 0 Å². The number of benzene rings is 1. The summed E-state index contributed by atoms with van der Waals surface area (Å²) >= 11 is 3.19. The van der Waals surface area contributed by atoms with E-state index in [4.69, 9.17) is 4.74 Å². The summed E-state index contributed by atoms with van der Waals surface area (Å²) in [6, 6.07) is 4.08. The van der Waals surface area contributed by atoms with Crippen LogP contribution in [-0.2, 0) is 4.79 Å². The molecular weight excluding hydrogens is 329 g/mol. The molecule has 1 heterocycles. The van der Waals surface area contributed by atoms with E-state index in [1.807, 2.05) is 12.1 Å². The van der Waals surface area contributed by atoms with Gasteiger partial charge in [0.15, 0.2) is 6.61 Å². The molecule has 0 spiro atoms. The number of likely N-dealkylation sites (N-methyl/N-ethyl adjacent to an activating group) is 1. The van der Waals surface area contributed by atoms with Crippen LogP contribution in [0.15, 0.2) is 22.7 Å². The summed E-state index contributed by atoms with van der Waals surface area (Å²) in [7, 11) is 2.05. The number of hydrazine groups is 1. The fourth-order valence-electron chi connectivity index (χ4n) is 1.86. The molecule has 1 saturated heterocycles. The Labute approximate surface area is 125 Å². The summed E-state index contributed by atoms with van der Waals surface area (Å²) in [6.45, 7) is 3.33. The van der Waals surface area contributed by atoms with Crippen LogP contribution < -0.4 is 10.2 Å². The molecule has 110 valence electrons. The van der Waals surface area contributed by atoms with Gasteiger partial charge >= 0.3 is 0 Å². The van der Waals surface area contributed by atoms with E-state index in [-0.39, 0.29) is 18.3 Å². The molecule has 0 radical (unpaired) electrons. The van der Waals surface area contributed by atoms with Crippen LogP contribution in [0.2, 0.25) is 0 Å². The highest BCUT2D eigenvalue weighted by atomic mass is 79.9. The Morgan fingerprint density at radius 1 is 1.40 bits per heavy atom. The van der Waals surface area contributed by atoms with E-state index in [0.717, 1.165) is 26.2 Å². The molecular formula is C13H17BrFN3O2. The molecule has 0 bridgehead atoms. The smallest absolute Gasteiger partial charge is 0.272 e. The average Bonchev–Trinajstić information content (AvgIpc) is 2.40. The Kier molecular flexibility index (Phi) is 5.33. The molecule has 5 nitrogen and oxygen atoms in total. The molecule has 20 heavy (non-hydrogen) atoms. The zero-order chi connectivity index (χ0) is 14.5. The van der Waals surface area contributed by atoms with E-state index in [2.05, 4.69) is 26.3 Å². The first kappa shape index (κ1) is 15.2. The van der Waals surface area contributed by atoms with E-state index in [1.165, 1.54) is 18.2 Å². The van der Waals surface area contributed by atoms with Gasteiger partial charge in [0.05, 0.1) is 4.47 Å². The van der Waals surface area contributed by atoms with Crippen LogP contribution in [0.25, 0.3) is 0 Å². The fraction of sp³-hybridized carbons (Fsp3) is 0.462. The first-order valence-electron chi connectivity index (χ1n) is 6.35. The van der Waals surface area contributed by atoms with Crippen molar-refractivity contribution in [3.8, 4) is 5.75 Å². The normalized spacial score (nSPS) is 16.9. The van der Waals surface area contributed by atoms with Crippen molar-refractivity contribution in [1.29, 1.82) is 0 Å². The zero-order valence-corrected chi connectivity index (χ0v) is 12.8. The molecule has 0 aromatic heterocycles. The van der Waals surface area contributed by atoms with E-state index < -0.39 is 0 Å². The Balaban J connectivity index is 1.77. The predicted octanol–water partition coefficient (Wildman–Crippen LogP) is 1.25. The van der Waals surface area contributed by atoms with Crippen LogP contribution in [0.1, 0.15) is 0 Å². The maximum atomic E-state index is 12.9. The molecule has 0 saturated carbocycles. The highest BCUT2D eigenvalue weighted by molar-refractivity contribution is 9.10. The van der Waals surface area contributed by atoms with Crippen LogP contribution >= 0.6 is 15.9 Å². The molecule has 0 unspecified atom stereocenters. The Morgan fingerprint density at radius 2 is 2.10 bits per heavy atom. The number of rotatable bonds is 4. The van der Waals surface area contributed by atoms with Crippen molar-refractivity contribution in [3.05, 3.63) is 28.5 Å². The minimum atomic E-state index is -0.355. The van der Waals surface area contributed by atoms with E-state index in [9.17, 15) is 9.18 Å². The summed E-state index contributed by atoms with van der Waals surface area (Å²) < 4.78 is 18.8. The number of nitrogens with zero attached hydrogens (tertiary/aromatic N) is 2. The second-order valence-electron chi connectivity index (χ2n) is 4.69. The minimum Gasteiger partial charge on any atom is -0.483 e. The quantitative estimate of drug-likeness (QED) is 0.891. The van der Waals surface area contributed by atoms with Gasteiger partial charge in [-0.25, -0.2) is 9.40 Å². The van der Waals surface area contributed by atoms with Crippen molar-refractivity contribution < 1.29 is 13.9 Å². The van der Waals surface area contributed by atoms with Crippen molar-refractivity contribution in [2.24, 2.45) is 0 Å². The zero-order valence-electron chi connectivity index (χ0n) is 11.2. The SMILES string of the molecule is CN1CCN(NC(=O)COc2ccc(F)cc2Br)CC1. The lowest BCUT2D eigenvalue weighted by Gasteiger charge is -2.32. The number of nitrogens with one attached hydrogen (secondary N) is 1. The summed E-state index contributed by atoms with van der Waals surface area (Å²) in [5, 5.41) is 1.88. The van der Waals surface area contributed by atoms with Gasteiger partial charge in [-0.2, -0.15) is 0 Å². The number of carbonyl (C=O) groups excluding carboxylic acids is 1. The van der Waals surface area contributed by atoms with Crippen molar-refractivity contribution in [3.63, 3.8) is 0 Å². The molecule has 0 atom stereocenters. The lowest BCUT2D eigenvalue weighted by molar-refractivity contribution is -0.128. The van der Waals surface area contributed by atoms with Crippen LogP contribution in [0, 0.1) is 5.82 Å². The monoisotopic (exact) mass is 345 g/mol. The molecule has 1 aromatic rings. The molecule has 1 amide bonds. The summed E-state index contributed by atoms with van der Waals surface area (Å²) in [5.74, 6) is -0.128. The standard InChI is InChI=1S/C13H17BrFN3O2/c1-17-4-6-18(7-5-17)16-13(19)9-20-12-3-2-10(15)8-11(12)14/h2-3,8H,4-7,9H2,1H3,(H,16,19). The molecule has 0 aliphatic carbocycles. The highest BCUT2D eigenvalue weighted by Gasteiger charge is 2.16. The fourth-order valence-corrected chi connectivity index (χ4v) is 2.33. The molecule has 7 heteroatoms. The maximum absolute atomic E-state index is 12.9. The number of hydrogen-bond acceptors (Lipinski definition) is 4. The van der Waals surface area contributed by atoms with Gasteiger partial charge in [0, 0.05) is 26.2 Å². The molecule has 1 aliphatic rings. The third-order valence-electron chi connectivity index (χ3n) is 3.04. The largest absolute Gasteiger partial charge is 0.483 e. The molecule has 2 rings (SSSR count). The van der Waals surface area contributed by atoms with Crippen LogP contribution in [0.3, 0.4) is 0 Å². The first-order chi connectivity index (χ1) is 9.54. The highest BCUT2D eigenvalue weighted by Crippen LogP contribution is 2.25. The van der Waals surface area contributed by atoms with Gasteiger partial charge in [0.1, 0.15) is 11.6 Å². The second-order valence-corrected chi connectivity index (χ2v) is 5.54. The number of piperazine rings is 1. The Hall–Kier alpha value is -1.18. The third kappa shape index (κ3) is 4.43. The van der Waals surface area contributed by atoms with Crippen LogP contribution in [-0.4, -0.2) is 55.6 Å².